The lowest BCUT2D eigenvalue weighted by Gasteiger charge is -2.22. The molecule has 2 aromatic rings. The van der Waals surface area contributed by atoms with Crippen molar-refractivity contribution < 1.29 is 14.3 Å². The van der Waals surface area contributed by atoms with E-state index in [1.807, 2.05) is 5.38 Å². The smallest absolute Gasteiger partial charge is 0.308 e. The molecular weight excluding hydrogens is 366 g/mol. The van der Waals surface area contributed by atoms with Gasteiger partial charge in [0.15, 0.2) is 6.10 Å². The molecular formula is C19H25N3O4S. The first-order chi connectivity index (χ1) is 13.0. The van der Waals surface area contributed by atoms with E-state index >= 15 is 0 Å². The quantitative estimate of drug-likeness (QED) is 0.732. The summed E-state index contributed by atoms with van der Waals surface area (Å²) in [5.74, 6) is -0.253. The molecule has 1 atom stereocenters. The van der Waals surface area contributed by atoms with Crippen LogP contribution in [-0.2, 0) is 20.9 Å². The highest BCUT2D eigenvalue weighted by Crippen LogP contribution is 2.22. The number of aromatic nitrogens is 2. The Kier molecular flexibility index (Phi) is 6.60. The van der Waals surface area contributed by atoms with Crippen LogP contribution >= 0.6 is 11.3 Å². The topological polar surface area (TPSA) is 90.3 Å². The molecule has 1 N–H and O–H groups in total. The summed E-state index contributed by atoms with van der Waals surface area (Å²) in [6.45, 7) is 2.38. The van der Waals surface area contributed by atoms with Crippen molar-refractivity contribution >= 4 is 33.4 Å². The standard InChI is InChI=1S/C19H25N3O4S/c1-13(17(24)20-11-14-5-3-2-4-6-14)26-16(23)7-9-22-12-21-18-15(19(22)25)8-10-27-18/h8,10,12-14H,2-7,9,11H2,1H3,(H,20,24)/t13-/m0/s1. The average molecular weight is 391 g/mol. The van der Waals surface area contributed by atoms with Crippen molar-refractivity contribution in [2.75, 3.05) is 6.54 Å². The Morgan fingerprint density at radius 3 is 2.93 bits per heavy atom. The van der Waals surface area contributed by atoms with Crippen LogP contribution in [0.15, 0.2) is 22.6 Å². The minimum atomic E-state index is -0.838. The molecule has 7 nitrogen and oxygen atoms in total. The van der Waals surface area contributed by atoms with E-state index in [0.717, 1.165) is 12.8 Å². The maximum atomic E-state index is 12.3. The Morgan fingerprint density at radius 1 is 1.37 bits per heavy atom. The third-order valence-corrected chi connectivity index (χ3v) is 5.80. The summed E-state index contributed by atoms with van der Waals surface area (Å²) in [6.07, 6.45) is 6.61. The van der Waals surface area contributed by atoms with Crippen LogP contribution in [0.5, 0.6) is 0 Å². The minimum Gasteiger partial charge on any atom is -0.452 e. The molecule has 0 aliphatic heterocycles. The molecule has 146 valence electrons. The van der Waals surface area contributed by atoms with Gasteiger partial charge in [0.2, 0.25) is 0 Å². The molecule has 2 heterocycles. The molecule has 1 amide bonds. The van der Waals surface area contributed by atoms with Gasteiger partial charge in [-0.05, 0) is 37.1 Å². The highest BCUT2D eigenvalue weighted by Gasteiger charge is 2.20. The zero-order valence-corrected chi connectivity index (χ0v) is 16.3. The third kappa shape index (κ3) is 5.15. The number of amides is 1. The van der Waals surface area contributed by atoms with E-state index in [4.69, 9.17) is 4.74 Å². The van der Waals surface area contributed by atoms with Gasteiger partial charge in [0, 0.05) is 13.1 Å². The van der Waals surface area contributed by atoms with Crippen molar-refractivity contribution in [2.24, 2.45) is 5.92 Å². The number of carbonyl (C=O) groups excluding carboxylic acids is 2. The van der Waals surface area contributed by atoms with Gasteiger partial charge in [-0.1, -0.05) is 19.3 Å². The number of fused-ring (bicyclic) bond motifs is 1. The van der Waals surface area contributed by atoms with Crippen molar-refractivity contribution in [1.29, 1.82) is 0 Å². The van der Waals surface area contributed by atoms with Crippen LogP contribution in [-0.4, -0.2) is 34.1 Å². The lowest BCUT2D eigenvalue weighted by Crippen LogP contribution is -2.39. The van der Waals surface area contributed by atoms with E-state index in [0.29, 0.717) is 22.7 Å². The molecule has 0 saturated heterocycles. The lowest BCUT2D eigenvalue weighted by atomic mass is 9.89. The fraction of sp³-hybridized carbons (Fsp3) is 0.579. The Morgan fingerprint density at radius 2 is 2.15 bits per heavy atom. The number of carbonyl (C=O) groups is 2. The molecule has 8 heteroatoms. The average Bonchev–Trinajstić information content (AvgIpc) is 3.16. The second-order valence-corrected chi connectivity index (χ2v) is 7.91. The van der Waals surface area contributed by atoms with Crippen LogP contribution in [0, 0.1) is 5.92 Å². The first-order valence-corrected chi connectivity index (χ1v) is 10.3. The van der Waals surface area contributed by atoms with Crippen molar-refractivity contribution in [3.05, 3.63) is 28.1 Å². The Labute approximate surface area is 161 Å². The Bertz CT molecular complexity index is 854. The summed E-state index contributed by atoms with van der Waals surface area (Å²) in [7, 11) is 0. The SMILES string of the molecule is C[C@H](OC(=O)CCn1cnc2sccc2c1=O)C(=O)NCC1CCCCC1. The molecule has 3 rings (SSSR count). The molecule has 2 aromatic heterocycles. The minimum absolute atomic E-state index is 0.0114. The predicted octanol–water partition coefficient (Wildman–Crippen LogP) is 2.48. The molecule has 0 radical (unpaired) electrons. The summed E-state index contributed by atoms with van der Waals surface area (Å²) >= 11 is 1.40. The Hall–Kier alpha value is -2.22. The monoisotopic (exact) mass is 391 g/mol. The highest BCUT2D eigenvalue weighted by atomic mass is 32.1. The van der Waals surface area contributed by atoms with Crippen LogP contribution < -0.4 is 10.9 Å². The molecule has 0 bridgehead atoms. The number of aryl methyl sites for hydroxylation is 1. The number of esters is 1. The molecule has 0 unspecified atom stereocenters. The highest BCUT2D eigenvalue weighted by molar-refractivity contribution is 7.16. The number of thiophene rings is 1. The van der Waals surface area contributed by atoms with Crippen molar-refractivity contribution in [3.63, 3.8) is 0 Å². The fourth-order valence-corrected chi connectivity index (χ4v) is 4.08. The number of nitrogens with zero attached hydrogens (tertiary/aromatic N) is 2. The van der Waals surface area contributed by atoms with E-state index in [9.17, 15) is 14.4 Å². The van der Waals surface area contributed by atoms with Crippen molar-refractivity contribution in [1.82, 2.24) is 14.9 Å². The number of hydrogen-bond acceptors (Lipinski definition) is 6. The molecule has 0 spiro atoms. The van der Waals surface area contributed by atoms with Gasteiger partial charge in [-0.3, -0.25) is 19.0 Å². The maximum Gasteiger partial charge on any atom is 0.308 e. The van der Waals surface area contributed by atoms with Gasteiger partial charge in [-0.25, -0.2) is 4.98 Å². The van der Waals surface area contributed by atoms with Gasteiger partial charge in [0.25, 0.3) is 11.5 Å². The van der Waals surface area contributed by atoms with Gasteiger partial charge in [0.1, 0.15) is 4.83 Å². The second-order valence-electron chi connectivity index (χ2n) is 7.01. The molecule has 0 aromatic carbocycles. The summed E-state index contributed by atoms with van der Waals surface area (Å²) in [5, 5.41) is 5.24. The van der Waals surface area contributed by atoms with Gasteiger partial charge < -0.3 is 10.1 Å². The number of rotatable bonds is 7. The summed E-state index contributed by atoms with van der Waals surface area (Å²) in [6, 6.07) is 1.73. The number of nitrogens with one attached hydrogen (secondary N) is 1. The molecule has 1 aliphatic carbocycles. The zero-order valence-electron chi connectivity index (χ0n) is 15.5. The summed E-state index contributed by atoms with van der Waals surface area (Å²) in [5.41, 5.74) is -0.174. The predicted molar refractivity (Wildman–Crippen MR) is 104 cm³/mol. The van der Waals surface area contributed by atoms with Crippen LogP contribution in [0.4, 0.5) is 0 Å². The van der Waals surface area contributed by atoms with Crippen LogP contribution in [0.2, 0.25) is 0 Å². The van der Waals surface area contributed by atoms with Crippen molar-refractivity contribution in [3.8, 4) is 0 Å². The lowest BCUT2D eigenvalue weighted by molar-refractivity contribution is -0.155. The normalized spacial score (nSPS) is 16.2. The maximum absolute atomic E-state index is 12.3. The van der Waals surface area contributed by atoms with E-state index in [1.54, 1.807) is 13.0 Å². The molecule has 1 fully saturated rings. The van der Waals surface area contributed by atoms with Gasteiger partial charge >= 0.3 is 5.97 Å². The third-order valence-electron chi connectivity index (χ3n) is 4.97. The molecule has 1 aliphatic rings. The van der Waals surface area contributed by atoms with E-state index < -0.39 is 12.1 Å². The van der Waals surface area contributed by atoms with Crippen LogP contribution in [0.1, 0.15) is 45.4 Å². The van der Waals surface area contributed by atoms with Crippen molar-refractivity contribution in [2.45, 2.75) is 58.1 Å². The van der Waals surface area contributed by atoms with E-state index in [-0.39, 0.29) is 24.4 Å². The van der Waals surface area contributed by atoms with Gasteiger partial charge in [-0.2, -0.15) is 0 Å². The number of ether oxygens (including phenoxy) is 1. The summed E-state index contributed by atoms with van der Waals surface area (Å²) in [4.78, 5) is 41.3. The van der Waals surface area contributed by atoms with Gasteiger partial charge in [-0.15, -0.1) is 11.3 Å². The van der Waals surface area contributed by atoms with Crippen LogP contribution in [0.25, 0.3) is 10.2 Å². The van der Waals surface area contributed by atoms with E-state index in [1.165, 1.54) is 41.5 Å². The second kappa shape index (κ2) is 9.12. The largest absolute Gasteiger partial charge is 0.452 e. The number of hydrogen-bond donors (Lipinski definition) is 1. The first kappa shape index (κ1) is 19.5. The van der Waals surface area contributed by atoms with Crippen LogP contribution in [0.3, 0.4) is 0 Å². The first-order valence-electron chi connectivity index (χ1n) is 9.44. The Balaban J connectivity index is 1.44. The fourth-order valence-electron chi connectivity index (χ4n) is 3.35. The summed E-state index contributed by atoms with van der Waals surface area (Å²) < 4.78 is 6.59. The van der Waals surface area contributed by atoms with E-state index in [2.05, 4.69) is 10.3 Å². The van der Waals surface area contributed by atoms with Gasteiger partial charge in [0.05, 0.1) is 18.1 Å². The molecule has 27 heavy (non-hydrogen) atoms. The molecule has 1 saturated carbocycles. The zero-order chi connectivity index (χ0) is 19.2.